The molecule has 0 fully saturated rings. The Kier molecular flexibility index (Phi) is 7.55. The highest BCUT2D eigenvalue weighted by Gasteiger charge is 2.16. The fourth-order valence-corrected chi connectivity index (χ4v) is 5.02. The van der Waals surface area contributed by atoms with Crippen molar-refractivity contribution in [2.45, 2.75) is 23.6 Å². The largest absolute Gasteiger partial charge is 0.322 e. The summed E-state index contributed by atoms with van der Waals surface area (Å²) in [7, 11) is -7.48. The monoisotopic (exact) mass is 499 g/mol. The highest BCUT2D eigenvalue weighted by Crippen LogP contribution is 2.21. The van der Waals surface area contributed by atoms with Crippen molar-refractivity contribution in [3.05, 3.63) is 96.1 Å². The first-order valence-corrected chi connectivity index (χ1v) is 13.2. The fourth-order valence-electron chi connectivity index (χ4n) is 2.98. The van der Waals surface area contributed by atoms with Crippen LogP contribution in [0.1, 0.15) is 21.5 Å². The Labute approximate surface area is 199 Å². The van der Waals surface area contributed by atoms with Crippen LogP contribution < -0.4 is 14.8 Å². The number of hydrogen-bond acceptors (Lipinski definition) is 5. The molecular weight excluding hydrogens is 474 g/mol. The van der Waals surface area contributed by atoms with E-state index in [9.17, 15) is 21.6 Å². The van der Waals surface area contributed by atoms with Gasteiger partial charge in [0.2, 0.25) is 10.0 Å². The molecule has 0 saturated carbocycles. The van der Waals surface area contributed by atoms with E-state index < -0.39 is 26.0 Å². The normalized spacial score (nSPS) is 11.6. The zero-order valence-electron chi connectivity index (χ0n) is 18.7. The lowest BCUT2D eigenvalue weighted by molar-refractivity contribution is 0.102. The second-order valence-corrected chi connectivity index (χ2v) is 11.0. The molecule has 0 spiro atoms. The lowest BCUT2D eigenvalue weighted by Crippen LogP contribution is -2.23. The minimum Gasteiger partial charge on any atom is -0.322 e. The van der Waals surface area contributed by atoms with Gasteiger partial charge in [-0.2, -0.15) is 0 Å². The van der Waals surface area contributed by atoms with E-state index in [0.717, 1.165) is 11.1 Å². The van der Waals surface area contributed by atoms with Gasteiger partial charge in [0.1, 0.15) is 0 Å². The zero-order valence-corrected chi connectivity index (χ0v) is 20.3. The van der Waals surface area contributed by atoms with Gasteiger partial charge in [-0.3, -0.25) is 9.52 Å². The standard InChI is InChI=1S/C24H25N3O5S2/c1-4-15-25-33(29,30)22-11-6-19(7-12-22)24(28)26-20-9-13-23(14-10-20)34(31,32)27-21-8-5-17(2)18(3)16-21/h4-14,16,25,27H,1,15H2,2-3H3,(H,26,28). The SMILES string of the molecule is C=CCNS(=O)(=O)c1ccc(C(=O)Nc2ccc(S(=O)(=O)Nc3ccc(C)c(C)c3)cc2)cc1. The third-order valence-electron chi connectivity index (χ3n) is 5.03. The minimum atomic E-state index is -3.80. The van der Waals surface area contributed by atoms with Crippen LogP contribution in [0.15, 0.2) is 89.2 Å². The first kappa shape index (κ1) is 25.2. The maximum atomic E-state index is 12.7. The Balaban J connectivity index is 1.68. The molecule has 3 aromatic rings. The van der Waals surface area contributed by atoms with Crippen LogP contribution in [0.5, 0.6) is 0 Å². The number of amides is 1. The number of aryl methyl sites for hydroxylation is 2. The van der Waals surface area contributed by atoms with Crippen molar-refractivity contribution >= 4 is 37.3 Å². The molecule has 0 atom stereocenters. The molecule has 0 aliphatic rings. The van der Waals surface area contributed by atoms with Crippen LogP contribution in [0.4, 0.5) is 11.4 Å². The maximum Gasteiger partial charge on any atom is 0.261 e. The number of carbonyl (C=O) groups excluding carboxylic acids is 1. The summed E-state index contributed by atoms with van der Waals surface area (Å²) < 4.78 is 54.5. The molecule has 0 unspecified atom stereocenters. The van der Waals surface area contributed by atoms with Gasteiger partial charge in [-0.15, -0.1) is 6.58 Å². The van der Waals surface area contributed by atoms with E-state index in [4.69, 9.17) is 0 Å². The number of carbonyl (C=O) groups is 1. The van der Waals surface area contributed by atoms with Crippen molar-refractivity contribution < 1.29 is 21.6 Å². The van der Waals surface area contributed by atoms with Gasteiger partial charge in [-0.1, -0.05) is 12.1 Å². The number of anilines is 2. The smallest absolute Gasteiger partial charge is 0.261 e. The molecule has 1 amide bonds. The van der Waals surface area contributed by atoms with Crippen molar-refractivity contribution in [3.63, 3.8) is 0 Å². The molecule has 8 nitrogen and oxygen atoms in total. The Hall–Kier alpha value is -3.47. The third-order valence-corrected chi connectivity index (χ3v) is 7.86. The van der Waals surface area contributed by atoms with Crippen LogP contribution in [0.2, 0.25) is 0 Å². The summed E-state index contributed by atoms with van der Waals surface area (Å²) in [6, 6.07) is 16.5. The van der Waals surface area contributed by atoms with Gasteiger partial charge >= 0.3 is 0 Å². The molecule has 3 rings (SSSR count). The average molecular weight is 500 g/mol. The summed E-state index contributed by atoms with van der Waals surface area (Å²) in [6.07, 6.45) is 1.43. The van der Waals surface area contributed by atoms with Gasteiger partial charge in [-0.05, 0) is 85.6 Å². The summed E-state index contributed by atoms with van der Waals surface area (Å²) in [5, 5.41) is 2.66. The first-order valence-electron chi connectivity index (χ1n) is 10.2. The van der Waals surface area contributed by atoms with E-state index in [2.05, 4.69) is 21.3 Å². The van der Waals surface area contributed by atoms with Gasteiger partial charge in [0.05, 0.1) is 9.79 Å². The predicted molar refractivity (Wildman–Crippen MR) is 133 cm³/mol. The molecule has 10 heteroatoms. The lowest BCUT2D eigenvalue weighted by Gasteiger charge is -2.11. The van der Waals surface area contributed by atoms with E-state index >= 15 is 0 Å². The van der Waals surface area contributed by atoms with Gasteiger partial charge in [0.15, 0.2) is 0 Å². The first-order chi connectivity index (χ1) is 16.0. The van der Waals surface area contributed by atoms with Crippen LogP contribution in [-0.4, -0.2) is 29.3 Å². The quantitative estimate of drug-likeness (QED) is 0.387. The maximum absolute atomic E-state index is 12.7. The van der Waals surface area contributed by atoms with E-state index in [-0.39, 0.29) is 21.9 Å². The summed E-state index contributed by atoms with van der Waals surface area (Å²) in [5.74, 6) is -0.466. The van der Waals surface area contributed by atoms with Crippen molar-refractivity contribution in [1.82, 2.24) is 4.72 Å². The highest BCUT2D eigenvalue weighted by molar-refractivity contribution is 7.92. The number of benzene rings is 3. The Morgan fingerprint density at radius 2 is 1.35 bits per heavy atom. The van der Waals surface area contributed by atoms with Crippen molar-refractivity contribution in [2.24, 2.45) is 0 Å². The predicted octanol–water partition coefficient (Wildman–Crippen LogP) is 3.82. The highest BCUT2D eigenvalue weighted by atomic mass is 32.2. The molecule has 0 aliphatic carbocycles. The number of rotatable bonds is 9. The number of nitrogens with one attached hydrogen (secondary N) is 3. The number of hydrogen-bond donors (Lipinski definition) is 3. The van der Waals surface area contributed by atoms with Crippen molar-refractivity contribution in [1.29, 1.82) is 0 Å². The summed E-state index contributed by atoms with van der Waals surface area (Å²) >= 11 is 0. The Morgan fingerprint density at radius 1 is 0.794 bits per heavy atom. The van der Waals surface area contributed by atoms with Crippen molar-refractivity contribution in [2.75, 3.05) is 16.6 Å². The molecule has 178 valence electrons. The minimum absolute atomic E-state index is 0.0247. The molecule has 3 aromatic carbocycles. The molecule has 34 heavy (non-hydrogen) atoms. The van der Waals surface area contributed by atoms with Crippen LogP contribution in [0.3, 0.4) is 0 Å². The molecule has 0 heterocycles. The van der Waals surface area contributed by atoms with E-state index in [1.165, 1.54) is 54.6 Å². The topological polar surface area (TPSA) is 121 Å². The molecule has 0 aromatic heterocycles. The molecule has 0 bridgehead atoms. The second kappa shape index (κ2) is 10.2. The summed E-state index contributed by atoms with van der Waals surface area (Å²) in [4.78, 5) is 12.6. The molecule has 0 radical (unpaired) electrons. The third kappa shape index (κ3) is 6.10. The van der Waals surface area contributed by atoms with Crippen LogP contribution in [0, 0.1) is 13.8 Å². The summed E-state index contributed by atoms with van der Waals surface area (Å²) in [6.45, 7) is 7.40. The fraction of sp³-hybridized carbons (Fsp3) is 0.125. The molecule has 0 aliphatic heterocycles. The second-order valence-electron chi connectivity index (χ2n) is 7.55. The molecular formula is C24H25N3O5S2. The van der Waals surface area contributed by atoms with E-state index in [1.54, 1.807) is 12.1 Å². The molecule has 3 N–H and O–H groups in total. The zero-order chi connectivity index (χ0) is 24.9. The van der Waals surface area contributed by atoms with Crippen LogP contribution in [-0.2, 0) is 20.0 Å². The average Bonchev–Trinajstić information content (AvgIpc) is 2.80. The van der Waals surface area contributed by atoms with Gasteiger partial charge in [0, 0.05) is 23.5 Å². The van der Waals surface area contributed by atoms with Gasteiger partial charge in [-0.25, -0.2) is 21.6 Å². The van der Waals surface area contributed by atoms with Gasteiger partial charge < -0.3 is 5.32 Å². The van der Waals surface area contributed by atoms with Crippen LogP contribution >= 0.6 is 0 Å². The van der Waals surface area contributed by atoms with Crippen molar-refractivity contribution in [3.8, 4) is 0 Å². The van der Waals surface area contributed by atoms with E-state index in [1.807, 2.05) is 19.9 Å². The lowest BCUT2D eigenvalue weighted by atomic mass is 10.1. The van der Waals surface area contributed by atoms with E-state index in [0.29, 0.717) is 11.4 Å². The molecule has 0 saturated heterocycles. The number of sulfonamides is 2. The van der Waals surface area contributed by atoms with Crippen LogP contribution in [0.25, 0.3) is 0 Å². The Morgan fingerprint density at radius 3 is 1.94 bits per heavy atom. The Bertz CT molecular complexity index is 1410. The summed E-state index contributed by atoms with van der Waals surface area (Å²) in [5.41, 5.74) is 3.13. The van der Waals surface area contributed by atoms with Gasteiger partial charge in [0.25, 0.3) is 15.9 Å².